The maximum absolute atomic E-state index is 11.4. The van der Waals surface area contributed by atoms with Crippen molar-refractivity contribution in [3.8, 4) is 11.5 Å². The fraction of sp³-hybridized carbons (Fsp3) is 0.417. The Morgan fingerprint density at radius 1 is 1.24 bits per heavy atom. The summed E-state index contributed by atoms with van der Waals surface area (Å²) in [7, 11) is 1.31. The van der Waals surface area contributed by atoms with E-state index in [1.54, 1.807) is 6.07 Å². The maximum Gasteiger partial charge on any atom is 0.338 e. The molecule has 0 aromatic heterocycles. The van der Waals surface area contributed by atoms with Crippen LogP contribution < -0.4 is 9.47 Å². The van der Waals surface area contributed by atoms with Crippen LogP contribution in [-0.4, -0.2) is 26.3 Å². The van der Waals surface area contributed by atoms with Gasteiger partial charge in [0.1, 0.15) is 0 Å². The zero-order valence-corrected chi connectivity index (χ0v) is 10.8. The van der Waals surface area contributed by atoms with Crippen LogP contribution in [0.1, 0.15) is 24.2 Å². The number of hydrogen-bond donors (Lipinski definition) is 0. The Labute approximate surface area is 105 Å². The Kier molecular flexibility index (Phi) is 5.10. The molecular weight excluding hydrogens is 244 g/mol. The summed E-state index contributed by atoms with van der Waals surface area (Å²) in [6.45, 7) is 4.62. The summed E-state index contributed by atoms with van der Waals surface area (Å²) in [4.78, 5) is 11.4. The molecular formula is C12H15ClO4. The Morgan fingerprint density at radius 2 is 1.88 bits per heavy atom. The fourth-order valence-corrected chi connectivity index (χ4v) is 1.62. The molecule has 4 nitrogen and oxygen atoms in total. The van der Waals surface area contributed by atoms with Crippen molar-refractivity contribution in [1.29, 1.82) is 0 Å². The van der Waals surface area contributed by atoms with Crippen molar-refractivity contribution in [1.82, 2.24) is 0 Å². The molecule has 0 saturated carbocycles. The van der Waals surface area contributed by atoms with Crippen molar-refractivity contribution in [3.63, 3.8) is 0 Å². The third kappa shape index (κ3) is 3.27. The second-order valence-corrected chi connectivity index (χ2v) is 3.55. The number of halogens is 1. The second kappa shape index (κ2) is 6.35. The molecule has 1 rings (SSSR count). The predicted octanol–water partition coefficient (Wildman–Crippen LogP) is 2.92. The summed E-state index contributed by atoms with van der Waals surface area (Å²) < 4.78 is 15.4. The van der Waals surface area contributed by atoms with E-state index in [1.165, 1.54) is 13.2 Å². The van der Waals surface area contributed by atoms with Gasteiger partial charge in [-0.15, -0.1) is 0 Å². The van der Waals surface area contributed by atoms with Crippen molar-refractivity contribution < 1.29 is 19.0 Å². The van der Waals surface area contributed by atoms with E-state index < -0.39 is 5.97 Å². The standard InChI is InChI=1S/C12H15ClO4/c1-4-16-10-7-8(12(14)15-3)6-9(13)11(10)17-5-2/h6-7H,4-5H2,1-3H3. The summed E-state index contributed by atoms with van der Waals surface area (Å²) >= 11 is 6.04. The second-order valence-electron chi connectivity index (χ2n) is 3.14. The fourth-order valence-electron chi connectivity index (χ4n) is 1.35. The van der Waals surface area contributed by atoms with Gasteiger partial charge in [0.2, 0.25) is 0 Å². The minimum atomic E-state index is -0.462. The lowest BCUT2D eigenvalue weighted by Crippen LogP contribution is -2.05. The number of rotatable bonds is 5. The van der Waals surface area contributed by atoms with Crippen LogP contribution in [0.2, 0.25) is 5.02 Å². The van der Waals surface area contributed by atoms with Crippen LogP contribution in [0.5, 0.6) is 11.5 Å². The molecule has 94 valence electrons. The molecule has 0 radical (unpaired) electrons. The quantitative estimate of drug-likeness (QED) is 0.762. The zero-order chi connectivity index (χ0) is 12.8. The molecule has 0 spiro atoms. The number of ether oxygens (including phenoxy) is 3. The molecule has 0 aliphatic carbocycles. The highest BCUT2D eigenvalue weighted by molar-refractivity contribution is 6.32. The van der Waals surface area contributed by atoms with E-state index >= 15 is 0 Å². The molecule has 0 unspecified atom stereocenters. The molecule has 0 aliphatic heterocycles. The lowest BCUT2D eigenvalue weighted by molar-refractivity contribution is 0.0600. The maximum atomic E-state index is 11.4. The Bertz CT molecular complexity index is 404. The smallest absolute Gasteiger partial charge is 0.338 e. The highest BCUT2D eigenvalue weighted by atomic mass is 35.5. The first-order valence-corrected chi connectivity index (χ1v) is 5.69. The van der Waals surface area contributed by atoms with E-state index in [1.807, 2.05) is 13.8 Å². The van der Waals surface area contributed by atoms with Gasteiger partial charge in [-0.3, -0.25) is 0 Å². The summed E-state index contributed by atoms with van der Waals surface area (Å²) in [5.41, 5.74) is 0.337. The monoisotopic (exact) mass is 258 g/mol. The van der Waals surface area contributed by atoms with Gasteiger partial charge in [-0.05, 0) is 26.0 Å². The topological polar surface area (TPSA) is 44.8 Å². The molecule has 1 aromatic carbocycles. The lowest BCUT2D eigenvalue weighted by atomic mass is 10.2. The Morgan fingerprint density at radius 3 is 2.41 bits per heavy atom. The number of benzene rings is 1. The predicted molar refractivity (Wildman–Crippen MR) is 65.1 cm³/mol. The average molecular weight is 259 g/mol. The van der Waals surface area contributed by atoms with Crippen LogP contribution in [0, 0.1) is 0 Å². The Balaban J connectivity index is 3.19. The number of hydrogen-bond acceptors (Lipinski definition) is 4. The highest BCUT2D eigenvalue weighted by Crippen LogP contribution is 2.36. The first kappa shape index (κ1) is 13.6. The number of carbonyl (C=O) groups is 1. The van der Waals surface area contributed by atoms with Gasteiger partial charge in [0, 0.05) is 0 Å². The van der Waals surface area contributed by atoms with Crippen LogP contribution in [-0.2, 0) is 4.74 Å². The largest absolute Gasteiger partial charge is 0.490 e. The number of methoxy groups -OCH3 is 1. The molecule has 0 heterocycles. The molecule has 0 atom stereocenters. The highest BCUT2D eigenvalue weighted by Gasteiger charge is 2.16. The molecule has 0 bridgehead atoms. The van der Waals surface area contributed by atoms with Crippen molar-refractivity contribution in [2.45, 2.75) is 13.8 Å². The molecule has 0 N–H and O–H groups in total. The third-order valence-corrected chi connectivity index (χ3v) is 2.30. The average Bonchev–Trinajstić information content (AvgIpc) is 2.32. The van der Waals surface area contributed by atoms with Crippen LogP contribution in [0.15, 0.2) is 12.1 Å². The molecule has 0 saturated heterocycles. The van der Waals surface area contributed by atoms with Crippen LogP contribution >= 0.6 is 11.6 Å². The SMILES string of the molecule is CCOc1cc(C(=O)OC)cc(Cl)c1OCC. The van der Waals surface area contributed by atoms with Gasteiger partial charge in [-0.25, -0.2) is 4.79 Å². The molecule has 5 heteroatoms. The van der Waals surface area contributed by atoms with Gasteiger partial charge in [0.15, 0.2) is 11.5 Å². The van der Waals surface area contributed by atoms with Gasteiger partial charge in [-0.1, -0.05) is 11.6 Å². The van der Waals surface area contributed by atoms with Crippen molar-refractivity contribution in [3.05, 3.63) is 22.7 Å². The molecule has 1 aromatic rings. The summed E-state index contributed by atoms with van der Waals surface area (Å²) in [6.07, 6.45) is 0. The summed E-state index contributed by atoms with van der Waals surface area (Å²) in [5, 5.41) is 0.332. The van der Waals surface area contributed by atoms with E-state index in [-0.39, 0.29) is 0 Å². The molecule has 0 aliphatic rings. The Hall–Kier alpha value is -1.42. The third-order valence-electron chi connectivity index (χ3n) is 2.02. The van der Waals surface area contributed by atoms with E-state index in [4.69, 9.17) is 21.1 Å². The van der Waals surface area contributed by atoms with Gasteiger partial charge >= 0.3 is 5.97 Å². The number of esters is 1. The molecule has 17 heavy (non-hydrogen) atoms. The van der Waals surface area contributed by atoms with E-state index in [2.05, 4.69) is 4.74 Å². The molecule has 0 fully saturated rings. The van der Waals surface area contributed by atoms with E-state index in [9.17, 15) is 4.79 Å². The normalized spacial score (nSPS) is 9.88. The van der Waals surface area contributed by atoms with E-state index in [0.717, 1.165) is 0 Å². The first-order valence-electron chi connectivity index (χ1n) is 5.31. The summed E-state index contributed by atoms with van der Waals surface area (Å²) in [6, 6.07) is 3.06. The lowest BCUT2D eigenvalue weighted by Gasteiger charge is -2.13. The van der Waals surface area contributed by atoms with Gasteiger partial charge < -0.3 is 14.2 Å². The van der Waals surface area contributed by atoms with Crippen LogP contribution in [0.3, 0.4) is 0 Å². The van der Waals surface area contributed by atoms with Gasteiger partial charge in [0.05, 0.1) is 30.9 Å². The number of carbonyl (C=O) groups excluding carboxylic acids is 1. The first-order chi connectivity index (χ1) is 8.13. The van der Waals surface area contributed by atoms with Crippen molar-refractivity contribution >= 4 is 17.6 Å². The summed E-state index contributed by atoms with van der Waals surface area (Å²) in [5.74, 6) is 0.432. The van der Waals surface area contributed by atoms with Crippen molar-refractivity contribution in [2.75, 3.05) is 20.3 Å². The van der Waals surface area contributed by atoms with E-state index in [0.29, 0.717) is 35.3 Å². The minimum Gasteiger partial charge on any atom is -0.490 e. The van der Waals surface area contributed by atoms with Crippen LogP contribution in [0.25, 0.3) is 0 Å². The van der Waals surface area contributed by atoms with Gasteiger partial charge in [0.25, 0.3) is 0 Å². The minimum absolute atomic E-state index is 0.332. The van der Waals surface area contributed by atoms with Crippen molar-refractivity contribution in [2.24, 2.45) is 0 Å². The van der Waals surface area contributed by atoms with Gasteiger partial charge in [-0.2, -0.15) is 0 Å². The van der Waals surface area contributed by atoms with Crippen LogP contribution in [0.4, 0.5) is 0 Å². The molecule has 0 amide bonds. The zero-order valence-electron chi connectivity index (χ0n) is 10.1.